The Hall–Kier alpha value is -1.55. The highest BCUT2D eigenvalue weighted by atomic mass is 16.5. The minimum absolute atomic E-state index is 0.0965. The predicted octanol–water partition coefficient (Wildman–Crippen LogP) is -0.476. The Morgan fingerprint density at radius 1 is 1.71 bits per heavy atom. The molecule has 0 fully saturated rings. The molecule has 5 nitrogen and oxygen atoms in total. The summed E-state index contributed by atoms with van der Waals surface area (Å²) in [5, 5.41) is 18.3. The van der Waals surface area contributed by atoms with Crippen LogP contribution in [0.4, 0.5) is 0 Å². The average molecular weight is 232 g/mol. The van der Waals surface area contributed by atoms with Crippen molar-refractivity contribution in [2.75, 3.05) is 6.61 Å². The zero-order valence-corrected chi connectivity index (χ0v) is 9.51. The molecule has 0 saturated carbocycles. The molecule has 0 aromatic heterocycles. The van der Waals surface area contributed by atoms with Gasteiger partial charge in [0.2, 0.25) is 0 Å². The van der Waals surface area contributed by atoms with E-state index in [1.54, 1.807) is 19.1 Å². The van der Waals surface area contributed by atoms with E-state index in [0.717, 1.165) is 5.56 Å². The summed E-state index contributed by atoms with van der Waals surface area (Å²) >= 11 is 0. The molecule has 1 aliphatic heterocycles. The molecule has 17 heavy (non-hydrogen) atoms. The lowest BCUT2D eigenvalue weighted by molar-refractivity contribution is 0.265. The van der Waals surface area contributed by atoms with E-state index in [0.29, 0.717) is 17.8 Å². The third-order valence-electron chi connectivity index (χ3n) is 2.57. The molecule has 1 heterocycles. The van der Waals surface area contributed by atoms with Gasteiger partial charge in [0.25, 0.3) is 0 Å². The van der Waals surface area contributed by atoms with Crippen LogP contribution in [0.2, 0.25) is 0 Å². The van der Waals surface area contributed by atoms with Crippen LogP contribution in [0.3, 0.4) is 0 Å². The van der Waals surface area contributed by atoms with Crippen LogP contribution in [0.15, 0.2) is 18.2 Å². The Morgan fingerprint density at radius 3 is 3.18 bits per heavy atom. The highest BCUT2D eigenvalue weighted by molar-refractivity contribution is 6.61. The molecule has 0 radical (unpaired) electrons. The molecule has 0 unspecified atom stereocenters. The van der Waals surface area contributed by atoms with E-state index in [9.17, 15) is 5.02 Å². The summed E-state index contributed by atoms with van der Waals surface area (Å²) in [7, 11) is -0.895. The van der Waals surface area contributed by atoms with Crippen molar-refractivity contribution in [3.05, 3.63) is 23.8 Å². The standard InChI is InChI=1S/C11H13BN2O3/c1-11(14,6-13)7-16-9-3-2-8-5-17-12(15)10(8)4-9/h2-4,15H,5,7,14H2,1H3/t11-/m0/s1. The van der Waals surface area contributed by atoms with Gasteiger partial charge >= 0.3 is 7.12 Å². The van der Waals surface area contributed by atoms with Crippen molar-refractivity contribution >= 4 is 12.6 Å². The Bertz CT molecular complexity index is 470. The summed E-state index contributed by atoms with van der Waals surface area (Å²) in [5.74, 6) is 0.570. The molecule has 0 saturated heterocycles. The van der Waals surface area contributed by atoms with Gasteiger partial charge in [-0.1, -0.05) is 6.07 Å². The summed E-state index contributed by atoms with van der Waals surface area (Å²) in [6, 6.07) is 7.27. The highest BCUT2D eigenvalue weighted by Crippen LogP contribution is 2.17. The van der Waals surface area contributed by atoms with Crippen molar-refractivity contribution in [1.29, 1.82) is 5.26 Å². The SMILES string of the molecule is C[C@](N)(C#N)COc1ccc2c(c1)B(O)OC2. The molecule has 0 bridgehead atoms. The fourth-order valence-electron chi connectivity index (χ4n) is 1.55. The predicted molar refractivity (Wildman–Crippen MR) is 62.5 cm³/mol. The lowest BCUT2D eigenvalue weighted by Gasteiger charge is -2.16. The van der Waals surface area contributed by atoms with Crippen LogP contribution >= 0.6 is 0 Å². The van der Waals surface area contributed by atoms with E-state index < -0.39 is 12.7 Å². The third-order valence-corrected chi connectivity index (χ3v) is 2.57. The van der Waals surface area contributed by atoms with Crippen molar-refractivity contribution in [1.82, 2.24) is 0 Å². The number of nitrogens with two attached hydrogens (primary N) is 1. The topological polar surface area (TPSA) is 88.5 Å². The Balaban J connectivity index is 2.09. The van der Waals surface area contributed by atoms with Gasteiger partial charge in [-0.2, -0.15) is 5.26 Å². The van der Waals surface area contributed by atoms with Crippen LogP contribution in [0, 0.1) is 11.3 Å². The maximum Gasteiger partial charge on any atom is 0.491 e. The summed E-state index contributed by atoms with van der Waals surface area (Å²) in [5.41, 5.74) is 6.28. The van der Waals surface area contributed by atoms with Crippen LogP contribution in [0.25, 0.3) is 0 Å². The molecule has 1 atom stereocenters. The third kappa shape index (κ3) is 2.58. The van der Waals surface area contributed by atoms with Gasteiger partial charge < -0.3 is 20.1 Å². The van der Waals surface area contributed by atoms with E-state index in [1.165, 1.54) is 0 Å². The van der Waals surface area contributed by atoms with Crippen LogP contribution < -0.4 is 15.9 Å². The van der Waals surface area contributed by atoms with E-state index in [1.807, 2.05) is 12.1 Å². The van der Waals surface area contributed by atoms with E-state index in [-0.39, 0.29) is 6.61 Å². The van der Waals surface area contributed by atoms with Gasteiger partial charge in [0, 0.05) is 0 Å². The second-order valence-corrected chi connectivity index (χ2v) is 4.34. The first-order valence-electron chi connectivity index (χ1n) is 5.27. The van der Waals surface area contributed by atoms with Crippen molar-refractivity contribution in [3.63, 3.8) is 0 Å². The number of nitrogens with zero attached hydrogens (tertiary/aromatic N) is 1. The summed E-state index contributed by atoms with van der Waals surface area (Å²) < 4.78 is 10.5. The zero-order chi connectivity index (χ0) is 12.5. The van der Waals surface area contributed by atoms with Gasteiger partial charge in [-0.05, 0) is 30.1 Å². The smallest absolute Gasteiger partial charge is 0.491 e. The van der Waals surface area contributed by atoms with Gasteiger partial charge in [-0.3, -0.25) is 0 Å². The zero-order valence-electron chi connectivity index (χ0n) is 9.51. The molecule has 2 rings (SSSR count). The fraction of sp³-hybridized carbons (Fsp3) is 0.364. The first kappa shape index (κ1) is 11.9. The lowest BCUT2D eigenvalue weighted by Crippen LogP contribution is -2.40. The molecule has 3 N–H and O–H groups in total. The fourth-order valence-corrected chi connectivity index (χ4v) is 1.55. The Morgan fingerprint density at radius 2 is 2.47 bits per heavy atom. The Labute approximate surface area is 99.9 Å². The van der Waals surface area contributed by atoms with Crippen molar-refractivity contribution in [3.8, 4) is 11.8 Å². The molecule has 1 aliphatic rings. The highest BCUT2D eigenvalue weighted by Gasteiger charge is 2.27. The minimum atomic E-state index is -1.02. The van der Waals surface area contributed by atoms with Gasteiger partial charge in [0.1, 0.15) is 17.9 Å². The van der Waals surface area contributed by atoms with Crippen molar-refractivity contribution in [2.24, 2.45) is 5.73 Å². The molecule has 88 valence electrons. The molecule has 6 heteroatoms. The van der Waals surface area contributed by atoms with Crippen molar-refractivity contribution < 1.29 is 14.4 Å². The molecular formula is C11H13BN2O3. The van der Waals surface area contributed by atoms with E-state index in [2.05, 4.69) is 0 Å². The van der Waals surface area contributed by atoms with Gasteiger partial charge in [0.05, 0.1) is 12.7 Å². The minimum Gasteiger partial charge on any atom is -0.491 e. The lowest BCUT2D eigenvalue weighted by atomic mass is 9.79. The van der Waals surface area contributed by atoms with Crippen LogP contribution in [0.5, 0.6) is 5.75 Å². The summed E-state index contributed by atoms with van der Waals surface area (Å²) in [6.07, 6.45) is 0. The van der Waals surface area contributed by atoms with Crippen LogP contribution in [0.1, 0.15) is 12.5 Å². The molecule has 1 aromatic rings. The molecule has 0 spiro atoms. The normalized spacial score (nSPS) is 17.2. The number of rotatable bonds is 3. The molecule has 0 aliphatic carbocycles. The largest absolute Gasteiger partial charge is 0.491 e. The van der Waals surface area contributed by atoms with Gasteiger partial charge in [-0.15, -0.1) is 0 Å². The van der Waals surface area contributed by atoms with E-state index in [4.69, 9.17) is 20.4 Å². The van der Waals surface area contributed by atoms with Gasteiger partial charge in [-0.25, -0.2) is 0 Å². The van der Waals surface area contributed by atoms with Crippen LogP contribution in [-0.2, 0) is 11.3 Å². The number of fused-ring (bicyclic) bond motifs is 1. The van der Waals surface area contributed by atoms with Crippen LogP contribution in [-0.4, -0.2) is 24.3 Å². The van der Waals surface area contributed by atoms with Crippen molar-refractivity contribution in [2.45, 2.75) is 19.1 Å². The second-order valence-electron chi connectivity index (χ2n) is 4.34. The molecule has 0 amide bonds. The maximum atomic E-state index is 9.53. The number of benzene rings is 1. The number of hydrogen-bond donors (Lipinski definition) is 2. The first-order chi connectivity index (χ1) is 8.02. The van der Waals surface area contributed by atoms with E-state index >= 15 is 0 Å². The number of hydrogen-bond acceptors (Lipinski definition) is 5. The van der Waals surface area contributed by atoms with Gasteiger partial charge in [0.15, 0.2) is 0 Å². The monoisotopic (exact) mass is 232 g/mol. The average Bonchev–Trinajstić information content (AvgIpc) is 2.69. The quantitative estimate of drug-likeness (QED) is 0.687. The first-order valence-corrected chi connectivity index (χ1v) is 5.27. The molecular weight excluding hydrogens is 219 g/mol. The Kier molecular flexibility index (Phi) is 3.07. The number of nitriles is 1. The second kappa shape index (κ2) is 4.38. The summed E-state index contributed by atoms with van der Waals surface area (Å²) in [6.45, 7) is 2.10. The summed E-state index contributed by atoms with van der Waals surface area (Å²) in [4.78, 5) is 0. The molecule has 1 aromatic carbocycles. The number of ether oxygens (including phenoxy) is 1. The maximum absolute atomic E-state index is 9.53.